The highest BCUT2D eigenvalue weighted by Gasteiger charge is 2.27. The van der Waals surface area contributed by atoms with Gasteiger partial charge in [0.05, 0.1) is 5.39 Å². The topological polar surface area (TPSA) is 92.7 Å². The van der Waals surface area contributed by atoms with Crippen LogP contribution in [0.2, 0.25) is 0 Å². The van der Waals surface area contributed by atoms with Crippen molar-refractivity contribution in [1.82, 2.24) is 25.3 Å². The molecule has 2 aromatic carbocycles. The van der Waals surface area contributed by atoms with Gasteiger partial charge in [0.1, 0.15) is 11.6 Å². The predicted molar refractivity (Wildman–Crippen MR) is 113 cm³/mol. The second-order valence-electron chi connectivity index (χ2n) is 7.45. The molecule has 0 spiro atoms. The molecular formula is C22H23N5O2. The van der Waals surface area contributed by atoms with Gasteiger partial charge in [-0.15, -0.1) is 5.10 Å². The normalized spacial score (nSPS) is 12.5. The van der Waals surface area contributed by atoms with E-state index in [0.29, 0.717) is 23.9 Å². The van der Waals surface area contributed by atoms with E-state index in [4.69, 9.17) is 0 Å². The number of H-pyrrole nitrogens is 1. The number of fused-ring (bicyclic) bond motifs is 2. The molecule has 1 amide bonds. The van der Waals surface area contributed by atoms with Gasteiger partial charge in [-0.2, -0.15) is 4.68 Å². The maximum Gasteiger partial charge on any atom is 0.278 e. The third-order valence-electron chi connectivity index (χ3n) is 5.12. The maximum absolute atomic E-state index is 12.9. The first-order valence-corrected chi connectivity index (χ1v) is 9.73. The Kier molecular flexibility index (Phi) is 5.12. The third-order valence-corrected chi connectivity index (χ3v) is 5.12. The quantitative estimate of drug-likeness (QED) is 0.530. The van der Waals surface area contributed by atoms with Crippen LogP contribution in [0.1, 0.15) is 25.5 Å². The first-order chi connectivity index (χ1) is 14.1. The van der Waals surface area contributed by atoms with Gasteiger partial charge in [0.25, 0.3) is 5.56 Å². The number of amides is 1. The maximum atomic E-state index is 12.9. The van der Waals surface area contributed by atoms with Gasteiger partial charge >= 0.3 is 0 Å². The summed E-state index contributed by atoms with van der Waals surface area (Å²) in [7, 11) is 0. The monoisotopic (exact) mass is 389 g/mol. The molecule has 0 aliphatic rings. The van der Waals surface area contributed by atoms with Gasteiger partial charge in [0.15, 0.2) is 0 Å². The smallest absolute Gasteiger partial charge is 0.278 e. The molecule has 0 aliphatic carbocycles. The van der Waals surface area contributed by atoms with E-state index in [9.17, 15) is 9.59 Å². The van der Waals surface area contributed by atoms with Crippen LogP contribution in [0.4, 0.5) is 0 Å². The fraction of sp³-hybridized carbons (Fsp3) is 0.273. The molecule has 1 atom stereocenters. The summed E-state index contributed by atoms with van der Waals surface area (Å²) in [5, 5.41) is 12.7. The molecule has 0 aliphatic heterocycles. The minimum Gasteiger partial charge on any atom is -0.361 e. The van der Waals surface area contributed by atoms with Crippen LogP contribution in [0, 0.1) is 5.92 Å². The molecule has 4 aromatic rings. The van der Waals surface area contributed by atoms with Crippen molar-refractivity contribution in [3.05, 3.63) is 70.6 Å². The van der Waals surface area contributed by atoms with E-state index >= 15 is 0 Å². The molecule has 29 heavy (non-hydrogen) atoms. The first-order valence-electron chi connectivity index (χ1n) is 9.73. The van der Waals surface area contributed by atoms with Gasteiger partial charge in [-0.25, -0.2) is 0 Å². The molecule has 4 rings (SSSR count). The molecule has 0 radical (unpaired) electrons. The Balaban J connectivity index is 1.52. The van der Waals surface area contributed by atoms with Gasteiger partial charge in [-0.3, -0.25) is 9.59 Å². The van der Waals surface area contributed by atoms with Crippen molar-refractivity contribution in [3.63, 3.8) is 0 Å². The Labute approximate surface area is 167 Å². The van der Waals surface area contributed by atoms with Gasteiger partial charge < -0.3 is 10.3 Å². The van der Waals surface area contributed by atoms with E-state index in [1.165, 1.54) is 4.68 Å². The van der Waals surface area contributed by atoms with Crippen LogP contribution < -0.4 is 10.9 Å². The zero-order chi connectivity index (χ0) is 20.4. The lowest BCUT2D eigenvalue weighted by molar-refractivity contribution is -0.126. The lowest BCUT2D eigenvalue weighted by atomic mass is 10.0. The largest absolute Gasteiger partial charge is 0.361 e. The van der Waals surface area contributed by atoms with Crippen molar-refractivity contribution < 1.29 is 4.79 Å². The Morgan fingerprint density at radius 1 is 1.10 bits per heavy atom. The number of aromatic nitrogens is 4. The molecule has 2 N–H and O–H groups in total. The number of hydrogen-bond donors (Lipinski definition) is 2. The number of nitrogens with zero attached hydrogens (tertiary/aromatic N) is 3. The zero-order valence-corrected chi connectivity index (χ0v) is 16.4. The second kappa shape index (κ2) is 7.87. The van der Waals surface area contributed by atoms with Crippen LogP contribution in [-0.4, -0.2) is 32.4 Å². The molecule has 0 bridgehead atoms. The zero-order valence-electron chi connectivity index (χ0n) is 16.4. The molecule has 0 saturated carbocycles. The van der Waals surface area contributed by atoms with Gasteiger partial charge in [-0.1, -0.05) is 49.4 Å². The van der Waals surface area contributed by atoms with Crippen molar-refractivity contribution in [1.29, 1.82) is 0 Å². The summed E-state index contributed by atoms with van der Waals surface area (Å²) >= 11 is 0. The highest BCUT2D eigenvalue weighted by molar-refractivity contribution is 5.84. The number of para-hydroxylation sites is 1. The highest BCUT2D eigenvalue weighted by Crippen LogP contribution is 2.19. The van der Waals surface area contributed by atoms with E-state index in [2.05, 4.69) is 26.7 Å². The Morgan fingerprint density at radius 2 is 1.83 bits per heavy atom. The van der Waals surface area contributed by atoms with Crippen LogP contribution in [0.5, 0.6) is 0 Å². The van der Waals surface area contributed by atoms with Gasteiger partial charge in [0, 0.05) is 23.6 Å². The number of nitrogens with one attached hydrogen (secondary N) is 2. The number of rotatable bonds is 6. The average Bonchev–Trinajstić information content (AvgIpc) is 3.13. The number of carbonyl (C=O) groups excluding carboxylic acids is 1. The Morgan fingerprint density at radius 3 is 2.62 bits per heavy atom. The number of benzene rings is 2. The molecule has 2 heterocycles. The summed E-state index contributed by atoms with van der Waals surface area (Å²) in [6, 6.07) is 14.4. The fourth-order valence-electron chi connectivity index (χ4n) is 3.64. The van der Waals surface area contributed by atoms with Crippen molar-refractivity contribution in [3.8, 4) is 0 Å². The molecule has 0 saturated heterocycles. The standard InChI is InChI=1S/C22H23N5O2/c1-14(2)20(27-22(29)17-8-4-6-10-19(17)25-26-27)21(28)23-12-11-15-13-24-18-9-5-3-7-16(15)18/h3-10,13-14,20,24H,11-12H2,1-2H3,(H,23,28)/t20-/m0/s1. The van der Waals surface area contributed by atoms with Crippen LogP contribution in [0.15, 0.2) is 59.5 Å². The van der Waals surface area contributed by atoms with E-state index < -0.39 is 6.04 Å². The fourth-order valence-corrected chi connectivity index (χ4v) is 3.64. The van der Waals surface area contributed by atoms with Gasteiger partial charge in [0.2, 0.25) is 5.91 Å². The van der Waals surface area contributed by atoms with Crippen molar-refractivity contribution >= 4 is 27.7 Å². The molecule has 7 nitrogen and oxygen atoms in total. The predicted octanol–water partition coefficient (Wildman–Crippen LogP) is 2.83. The molecule has 0 fully saturated rings. The summed E-state index contributed by atoms with van der Waals surface area (Å²) in [5.41, 5.74) is 2.44. The SMILES string of the molecule is CC(C)[C@@H](C(=O)NCCc1c[nH]c2ccccc12)n1nnc2ccccc2c1=O. The van der Waals surface area contributed by atoms with Crippen molar-refractivity contribution in [2.75, 3.05) is 6.54 Å². The van der Waals surface area contributed by atoms with E-state index in [1.807, 2.05) is 38.2 Å². The Bertz CT molecular complexity index is 1220. The van der Waals surface area contributed by atoms with E-state index in [0.717, 1.165) is 16.5 Å². The van der Waals surface area contributed by atoms with Crippen molar-refractivity contribution in [2.24, 2.45) is 5.92 Å². The Hall–Kier alpha value is -3.48. The summed E-state index contributed by atoms with van der Waals surface area (Å²) in [4.78, 5) is 29.0. The molecule has 148 valence electrons. The number of aromatic amines is 1. The van der Waals surface area contributed by atoms with Crippen LogP contribution >= 0.6 is 0 Å². The molecule has 7 heteroatoms. The average molecular weight is 389 g/mol. The summed E-state index contributed by atoms with van der Waals surface area (Å²) < 4.78 is 1.20. The second-order valence-corrected chi connectivity index (χ2v) is 7.45. The first kappa shape index (κ1) is 18.9. The minimum atomic E-state index is -0.720. The number of hydrogen-bond acceptors (Lipinski definition) is 4. The lowest BCUT2D eigenvalue weighted by Crippen LogP contribution is -2.42. The molecule has 2 aromatic heterocycles. The third kappa shape index (κ3) is 3.63. The van der Waals surface area contributed by atoms with Crippen LogP contribution in [0.25, 0.3) is 21.8 Å². The summed E-state index contributed by atoms with van der Waals surface area (Å²) in [6.07, 6.45) is 2.66. The minimum absolute atomic E-state index is 0.115. The highest BCUT2D eigenvalue weighted by atomic mass is 16.2. The lowest BCUT2D eigenvalue weighted by Gasteiger charge is -2.21. The van der Waals surface area contributed by atoms with Crippen LogP contribution in [0.3, 0.4) is 0 Å². The number of carbonyl (C=O) groups is 1. The van der Waals surface area contributed by atoms with Crippen molar-refractivity contribution in [2.45, 2.75) is 26.3 Å². The van der Waals surface area contributed by atoms with Crippen LogP contribution in [-0.2, 0) is 11.2 Å². The molecule has 0 unspecified atom stereocenters. The van der Waals surface area contributed by atoms with Gasteiger partial charge in [-0.05, 0) is 36.1 Å². The van der Waals surface area contributed by atoms with E-state index in [-0.39, 0.29) is 17.4 Å². The summed E-state index contributed by atoms with van der Waals surface area (Å²) in [5.74, 6) is -0.345. The summed E-state index contributed by atoms with van der Waals surface area (Å²) in [6.45, 7) is 4.26. The van der Waals surface area contributed by atoms with E-state index in [1.54, 1.807) is 24.3 Å². The molecular weight excluding hydrogens is 366 g/mol.